The Bertz CT molecular complexity index is 583. The Labute approximate surface area is 118 Å². The Morgan fingerprint density at radius 3 is 2.85 bits per heavy atom. The molecular weight excluding hydrogens is 256 g/mol. The normalized spacial score (nSPS) is 11.0. The first-order valence-electron chi connectivity index (χ1n) is 6.80. The number of carbonyl (C=O) groups excluding carboxylic acids is 1. The second-order valence-electron chi connectivity index (χ2n) is 5.20. The Hall–Kier alpha value is -1.97. The molecule has 0 aliphatic heterocycles. The number of hydrogen-bond acceptors (Lipinski definition) is 4. The van der Waals surface area contributed by atoms with Gasteiger partial charge in [-0.05, 0) is 24.5 Å². The summed E-state index contributed by atoms with van der Waals surface area (Å²) < 4.78 is 15.8. The molecule has 0 N–H and O–H groups in total. The van der Waals surface area contributed by atoms with Crippen LogP contribution in [0.1, 0.15) is 25.8 Å². The van der Waals surface area contributed by atoms with E-state index in [1.807, 2.05) is 18.2 Å². The standard InChI is InChI=1S/C16H20O4/c1-11(2)6-7-19-16(17)8-12-10-20-15-9-13(18-3)4-5-14(12)15/h4-5,9-11H,6-8H2,1-3H3. The van der Waals surface area contributed by atoms with Crippen LogP contribution in [0.25, 0.3) is 11.0 Å². The Balaban J connectivity index is 2.01. The van der Waals surface area contributed by atoms with Gasteiger partial charge in [0.1, 0.15) is 11.3 Å². The first kappa shape index (κ1) is 14.4. The van der Waals surface area contributed by atoms with Crippen molar-refractivity contribution in [2.24, 2.45) is 5.92 Å². The smallest absolute Gasteiger partial charge is 0.310 e. The molecule has 0 radical (unpaired) electrons. The third-order valence-electron chi connectivity index (χ3n) is 3.16. The van der Waals surface area contributed by atoms with Gasteiger partial charge in [0.15, 0.2) is 0 Å². The van der Waals surface area contributed by atoms with Crippen molar-refractivity contribution in [3.8, 4) is 5.75 Å². The van der Waals surface area contributed by atoms with Gasteiger partial charge in [0.25, 0.3) is 0 Å². The maximum absolute atomic E-state index is 11.8. The van der Waals surface area contributed by atoms with Crippen LogP contribution in [0.5, 0.6) is 5.75 Å². The van der Waals surface area contributed by atoms with Crippen LogP contribution in [0.4, 0.5) is 0 Å². The number of carbonyl (C=O) groups is 1. The van der Waals surface area contributed by atoms with Gasteiger partial charge in [0.2, 0.25) is 0 Å². The van der Waals surface area contributed by atoms with E-state index in [1.165, 1.54) is 0 Å². The third-order valence-corrected chi connectivity index (χ3v) is 3.16. The minimum Gasteiger partial charge on any atom is -0.497 e. The van der Waals surface area contributed by atoms with E-state index < -0.39 is 0 Å². The summed E-state index contributed by atoms with van der Waals surface area (Å²) in [6.07, 6.45) is 2.72. The van der Waals surface area contributed by atoms with E-state index in [4.69, 9.17) is 13.9 Å². The average Bonchev–Trinajstić information content (AvgIpc) is 2.80. The Morgan fingerprint density at radius 1 is 1.35 bits per heavy atom. The molecule has 0 atom stereocenters. The lowest BCUT2D eigenvalue weighted by Gasteiger charge is -2.06. The zero-order valence-corrected chi connectivity index (χ0v) is 12.1. The van der Waals surface area contributed by atoms with Crippen LogP contribution in [0.15, 0.2) is 28.9 Å². The zero-order chi connectivity index (χ0) is 14.5. The summed E-state index contributed by atoms with van der Waals surface area (Å²) in [4.78, 5) is 11.8. The molecule has 0 spiro atoms. The van der Waals surface area contributed by atoms with Crippen molar-refractivity contribution in [3.05, 3.63) is 30.0 Å². The molecule has 4 heteroatoms. The fourth-order valence-electron chi connectivity index (χ4n) is 1.94. The summed E-state index contributed by atoms with van der Waals surface area (Å²) in [6, 6.07) is 5.56. The highest BCUT2D eigenvalue weighted by molar-refractivity contribution is 5.86. The first-order valence-corrected chi connectivity index (χ1v) is 6.80. The molecule has 0 saturated carbocycles. The molecular formula is C16H20O4. The number of hydrogen-bond donors (Lipinski definition) is 0. The molecule has 2 aromatic rings. The summed E-state index contributed by atoms with van der Waals surface area (Å²) in [5.41, 5.74) is 1.56. The van der Waals surface area contributed by atoms with Crippen LogP contribution < -0.4 is 4.74 Å². The number of esters is 1. The van der Waals surface area contributed by atoms with E-state index in [0.29, 0.717) is 18.1 Å². The summed E-state index contributed by atoms with van der Waals surface area (Å²) in [6.45, 7) is 4.68. The number of fused-ring (bicyclic) bond motifs is 1. The topological polar surface area (TPSA) is 48.7 Å². The number of methoxy groups -OCH3 is 1. The summed E-state index contributed by atoms with van der Waals surface area (Å²) in [5.74, 6) is 1.05. The highest BCUT2D eigenvalue weighted by Gasteiger charge is 2.12. The van der Waals surface area contributed by atoms with Crippen molar-refractivity contribution < 1.29 is 18.7 Å². The quantitative estimate of drug-likeness (QED) is 0.757. The van der Waals surface area contributed by atoms with E-state index in [9.17, 15) is 4.79 Å². The third kappa shape index (κ3) is 3.53. The predicted molar refractivity (Wildman–Crippen MR) is 76.9 cm³/mol. The molecule has 0 amide bonds. The van der Waals surface area contributed by atoms with Crippen LogP contribution in [0.3, 0.4) is 0 Å². The van der Waals surface area contributed by atoms with Crippen molar-refractivity contribution in [1.29, 1.82) is 0 Å². The van der Waals surface area contributed by atoms with Gasteiger partial charge < -0.3 is 13.9 Å². The lowest BCUT2D eigenvalue weighted by molar-refractivity contribution is -0.143. The summed E-state index contributed by atoms with van der Waals surface area (Å²) in [5, 5.41) is 0.923. The van der Waals surface area contributed by atoms with Crippen LogP contribution in [-0.2, 0) is 16.0 Å². The zero-order valence-electron chi connectivity index (χ0n) is 12.1. The van der Waals surface area contributed by atoms with Gasteiger partial charge in [-0.2, -0.15) is 0 Å². The summed E-state index contributed by atoms with van der Waals surface area (Å²) >= 11 is 0. The van der Waals surface area contributed by atoms with Crippen molar-refractivity contribution in [1.82, 2.24) is 0 Å². The molecule has 0 aliphatic rings. The molecule has 1 aromatic carbocycles. The lowest BCUT2D eigenvalue weighted by atomic mass is 10.1. The van der Waals surface area contributed by atoms with Crippen molar-refractivity contribution in [2.45, 2.75) is 26.7 Å². The highest BCUT2D eigenvalue weighted by atomic mass is 16.5. The van der Waals surface area contributed by atoms with E-state index in [0.717, 1.165) is 23.1 Å². The Morgan fingerprint density at radius 2 is 2.15 bits per heavy atom. The van der Waals surface area contributed by atoms with Gasteiger partial charge in [0, 0.05) is 17.0 Å². The fourth-order valence-corrected chi connectivity index (χ4v) is 1.94. The molecule has 0 fully saturated rings. The Kier molecular flexibility index (Phi) is 4.66. The van der Waals surface area contributed by atoms with Gasteiger partial charge in [-0.25, -0.2) is 0 Å². The molecule has 4 nitrogen and oxygen atoms in total. The maximum atomic E-state index is 11.8. The highest BCUT2D eigenvalue weighted by Crippen LogP contribution is 2.26. The van der Waals surface area contributed by atoms with E-state index in [1.54, 1.807) is 13.4 Å². The van der Waals surface area contributed by atoms with E-state index in [2.05, 4.69) is 13.8 Å². The van der Waals surface area contributed by atoms with Gasteiger partial charge in [0.05, 0.1) is 26.4 Å². The average molecular weight is 276 g/mol. The van der Waals surface area contributed by atoms with E-state index >= 15 is 0 Å². The van der Waals surface area contributed by atoms with Gasteiger partial charge in [-0.3, -0.25) is 4.79 Å². The lowest BCUT2D eigenvalue weighted by Crippen LogP contribution is -2.10. The van der Waals surface area contributed by atoms with Gasteiger partial charge in [-0.1, -0.05) is 13.8 Å². The molecule has 1 heterocycles. The van der Waals surface area contributed by atoms with Crippen molar-refractivity contribution >= 4 is 16.9 Å². The number of rotatable bonds is 6. The number of furan rings is 1. The predicted octanol–water partition coefficient (Wildman–Crippen LogP) is 3.57. The molecule has 0 unspecified atom stereocenters. The molecule has 0 bridgehead atoms. The van der Waals surface area contributed by atoms with Crippen LogP contribution in [0, 0.1) is 5.92 Å². The van der Waals surface area contributed by atoms with Gasteiger partial charge in [-0.15, -0.1) is 0 Å². The molecule has 2 rings (SSSR count). The fraction of sp³-hybridized carbons (Fsp3) is 0.438. The molecule has 1 aromatic heterocycles. The van der Waals surface area contributed by atoms with Crippen molar-refractivity contribution in [3.63, 3.8) is 0 Å². The number of benzene rings is 1. The second-order valence-corrected chi connectivity index (χ2v) is 5.20. The van der Waals surface area contributed by atoms with Crippen LogP contribution >= 0.6 is 0 Å². The maximum Gasteiger partial charge on any atom is 0.310 e. The molecule has 0 aliphatic carbocycles. The van der Waals surface area contributed by atoms with Crippen LogP contribution in [-0.4, -0.2) is 19.7 Å². The van der Waals surface area contributed by atoms with Gasteiger partial charge >= 0.3 is 5.97 Å². The monoisotopic (exact) mass is 276 g/mol. The minimum atomic E-state index is -0.218. The largest absolute Gasteiger partial charge is 0.497 e. The second kappa shape index (κ2) is 6.46. The first-order chi connectivity index (χ1) is 9.60. The minimum absolute atomic E-state index is 0.218. The molecule has 108 valence electrons. The van der Waals surface area contributed by atoms with E-state index in [-0.39, 0.29) is 12.4 Å². The van der Waals surface area contributed by atoms with Crippen LogP contribution in [0.2, 0.25) is 0 Å². The summed E-state index contributed by atoms with van der Waals surface area (Å²) in [7, 11) is 1.61. The molecule has 0 saturated heterocycles. The van der Waals surface area contributed by atoms with Crippen molar-refractivity contribution in [2.75, 3.05) is 13.7 Å². The molecule has 20 heavy (non-hydrogen) atoms. The SMILES string of the molecule is COc1ccc2c(CC(=O)OCCC(C)C)coc2c1. The number of ether oxygens (including phenoxy) is 2.